The number of alkyl halides is 3. The highest BCUT2D eigenvalue weighted by Crippen LogP contribution is 2.27. The SMILES string of the molecule is CC(C)(Cc1cccc(CC(=O)NCc2cccc(-c3ccc(O)cc3)c2)c1)NC(=O)C(Cl)(Cl)Cl. The molecule has 0 saturated carbocycles. The first-order chi connectivity index (χ1) is 16.4. The monoisotopic (exact) mass is 532 g/mol. The summed E-state index contributed by atoms with van der Waals surface area (Å²) in [6, 6.07) is 22.5. The van der Waals surface area contributed by atoms with Gasteiger partial charge in [-0.25, -0.2) is 0 Å². The number of nitrogens with one attached hydrogen (secondary N) is 2. The Kier molecular flexibility index (Phi) is 8.70. The lowest BCUT2D eigenvalue weighted by Gasteiger charge is -2.28. The summed E-state index contributed by atoms with van der Waals surface area (Å²) in [4.78, 5) is 24.6. The molecule has 0 saturated heterocycles. The average molecular weight is 534 g/mol. The van der Waals surface area contributed by atoms with Crippen LogP contribution in [0.2, 0.25) is 0 Å². The highest BCUT2D eigenvalue weighted by molar-refractivity contribution is 6.76. The van der Waals surface area contributed by atoms with Crippen LogP contribution in [0.4, 0.5) is 0 Å². The van der Waals surface area contributed by atoms with Gasteiger partial charge in [0.25, 0.3) is 9.70 Å². The summed E-state index contributed by atoms with van der Waals surface area (Å²) in [6.07, 6.45) is 0.728. The van der Waals surface area contributed by atoms with E-state index in [4.69, 9.17) is 34.8 Å². The molecule has 8 heteroatoms. The first-order valence-electron chi connectivity index (χ1n) is 11.0. The number of amides is 2. The summed E-state index contributed by atoms with van der Waals surface area (Å²) < 4.78 is -2.03. The molecule has 0 unspecified atom stereocenters. The normalized spacial score (nSPS) is 11.7. The number of hydrogen-bond acceptors (Lipinski definition) is 3. The molecule has 0 radical (unpaired) electrons. The van der Waals surface area contributed by atoms with Gasteiger partial charge in [0.05, 0.1) is 6.42 Å². The molecule has 3 N–H and O–H groups in total. The molecule has 0 fully saturated rings. The van der Waals surface area contributed by atoms with Crippen molar-refractivity contribution in [2.75, 3.05) is 0 Å². The highest BCUT2D eigenvalue weighted by Gasteiger charge is 2.34. The Morgan fingerprint density at radius 3 is 2.14 bits per heavy atom. The second-order valence-corrected chi connectivity index (χ2v) is 11.3. The van der Waals surface area contributed by atoms with Crippen molar-refractivity contribution in [3.63, 3.8) is 0 Å². The zero-order valence-corrected chi connectivity index (χ0v) is 21.7. The second-order valence-electron chi connectivity index (χ2n) is 9.03. The fourth-order valence-electron chi connectivity index (χ4n) is 3.75. The van der Waals surface area contributed by atoms with Gasteiger partial charge >= 0.3 is 0 Å². The fourth-order valence-corrected chi connectivity index (χ4v) is 3.89. The summed E-state index contributed by atoms with van der Waals surface area (Å²) in [7, 11) is 0. The Morgan fingerprint density at radius 2 is 1.46 bits per heavy atom. The molecule has 3 rings (SSSR count). The molecule has 184 valence electrons. The quantitative estimate of drug-likeness (QED) is 0.324. The maximum absolute atomic E-state index is 12.6. The van der Waals surface area contributed by atoms with E-state index in [2.05, 4.69) is 10.6 Å². The number of phenolic OH excluding ortho intramolecular Hbond substituents is 1. The van der Waals surface area contributed by atoms with Gasteiger partial charge in [0, 0.05) is 12.1 Å². The minimum absolute atomic E-state index is 0.0963. The number of rotatable bonds is 8. The Bertz CT molecular complexity index is 1190. The number of carbonyl (C=O) groups is 2. The van der Waals surface area contributed by atoms with Crippen molar-refractivity contribution in [1.82, 2.24) is 10.6 Å². The van der Waals surface area contributed by atoms with Crippen LogP contribution in [0, 0.1) is 0 Å². The molecular weight excluding hydrogens is 507 g/mol. The number of phenols is 1. The predicted molar refractivity (Wildman–Crippen MR) is 142 cm³/mol. The topological polar surface area (TPSA) is 78.4 Å². The number of halogens is 3. The highest BCUT2D eigenvalue weighted by atomic mass is 35.6. The molecule has 3 aromatic rings. The Balaban J connectivity index is 1.57. The maximum atomic E-state index is 12.6. The van der Waals surface area contributed by atoms with Crippen LogP contribution in [-0.2, 0) is 29.0 Å². The van der Waals surface area contributed by atoms with Crippen molar-refractivity contribution in [2.45, 2.75) is 42.6 Å². The number of carbonyl (C=O) groups excluding carboxylic acids is 2. The van der Waals surface area contributed by atoms with Crippen molar-refractivity contribution in [1.29, 1.82) is 0 Å². The molecule has 0 aliphatic carbocycles. The summed E-state index contributed by atoms with van der Waals surface area (Å²) in [6.45, 7) is 4.08. The largest absolute Gasteiger partial charge is 0.508 e. The zero-order chi connectivity index (χ0) is 25.6. The third-order valence-corrected chi connectivity index (χ3v) is 5.84. The van der Waals surface area contributed by atoms with Crippen molar-refractivity contribution >= 4 is 46.6 Å². The van der Waals surface area contributed by atoms with Gasteiger partial charge in [-0.2, -0.15) is 0 Å². The van der Waals surface area contributed by atoms with Crippen molar-refractivity contribution in [3.05, 3.63) is 89.5 Å². The first-order valence-corrected chi connectivity index (χ1v) is 12.2. The van der Waals surface area contributed by atoms with Crippen LogP contribution < -0.4 is 10.6 Å². The molecule has 0 aliphatic rings. The maximum Gasteiger partial charge on any atom is 0.272 e. The lowest BCUT2D eigenvalue weighted by molar-refractivity contribution is -0.122. The van der Waals surface area contributed by atoms with E-state index in [0.717, 1.165) is 27.8 Å². The molecule has 2 amide bonds. The molecule has 3 aromatic carbocycles. The van der Waals surface area contributed by atoms with Crippen LogP contribution in [0.5, 0.6) is 5.75 Å². The van der Waals surface area contributed by atoms with Crippen molar-refractivity contribution in [3.8, 4) is 16.9 Å². The van der Waals surface area contributed by atoms with Crippen LogP contribution >= 0.6 is 34.8 Å². The van der Waals surface area contributed by atoms with E-state index < -0.39 is 15.2 Å². The minimum Gasteiger partial charge on any atom is -0.508 e. The van der Waals surface area contributed by atoms with Gasteiger partial charge in [-0.05, 0) is 66.3 Å². The van der Waals surface area contributed by atoms with Crippen LogP contribution in [0.15, 0.2) is 72.8 Å². The molecule has 0 atom stereocenters. The number of benzene rings is 3. The Hall–Kier alpha value is -2.73. The van der Waals surface area contributed by atoms with E-state index in [1.807, 2.05) is 74.5 Å². The zero-order valence-electron chi connectivity index (χ0n) is 19.4. The molecule has 5 nitrogen and oxygen atoms in total. The van der Waals surface area contributed by atoms with Gasteiger partial charge in [0.15, 0.2) is 0 Å². The summed E-state index contributed by atoms with van der Waals surface area (Å²) in [5, 5.41) is 15.2. The van der Waals surface area contributed by atoms with Crippen molar-refractivity contribution in [2.24, 2.45) is 0 Å². The molecule has 0 bridgehead atoms. The average Bonchev–Trinajstić information content (AvgIpc) is 2.77. The van der Waals surface area contributed by atoms with E-state index in [1.54, 1.807) is 12.1 Å². The fraction of sp³-hybridized carbons (Fsp3) is 0.259. The molecular formula is C27H27Cl3N2O3. The molecule has 0 heterocycles. The minimum atomic E-state index is -2.03. The third kappa shape index (κ3) is 8.46. The standard InChI is InChI=1S/C27H27Cl3N2O3/c1-26(2,32-25(35)27(28,29)30)16-19-6-3-5-18(13-19)15-24(34)31-17-20-7-4-8-22(14-20)21-9-11-23(33)12-10-21/h3-14,33H,15-17H2,1-2H3,(H,31,34)(H,32,35). The van der Waals surface area contributed by atoms with Gasteiger partial charge in [0.1, 0.15) is 5.75 Å². The smallest absolute Gasteiger partial charge is 0.272 e. The van der Waals surface area contributed by atoms with E-state index in [-0.39, 0.29) is 18.1 Å². The molecule has 0 aromatic heterocycles. The van der Waals surface area contributed by atoms with E-state index >= 15 is 0 Å². The summed E-state index contributed by atoms with van der Waals surface area (Å²) in [5.41, 5.74) is 4.14. The predicted octanol–water partition coefficient (Wildman–Crippen LogP) is 5.73. The van der Waals surface area contributed by atoms with Gasteiger partial charge in [0.2, 0.25) is 5.91 Å². The van der Waals surface area contributed by atoms with Crippen LogP contribution in [0.25, 0.3) is 11.1 Å². The van der Waals surface area contributed by atoms with Gasteiger partial charge in [-0.15, -0.1) is 0 Å². The van der Waals surface area contributed by atoms with Gasteiger partial charge in [-0.3, -0.25) is 9.59 Å². The molecule has 0 aliphatic heterocycles. The van der Waals surface area contributed by atoms with Gasteiger partial charge < -0.3 is 15.7 Å². The number of aromatic hydroxyl groups is 1. The third-order valence-electron chi connectivity index (χ3n) is 5.33. The summed E-state index contributed by atoms with van der Waals surface area (Å²) in [5.74, 6) is -0.559. The lowest BCUT2D eigenvalue weighted by Crippen LogP contribution is -2.49. The van der Waals surface area contributed by atoms with Crippen LogP contribution in [0.3, 0.4) is 0 Å². The van der Waals surface area contributed by atoms with Crippen molar-refractivity contribution < 1.29 is 14.7 Å². The molecule has 35 heavy (non-hydrogen) atoms. The van der Waals surface area contributed by atoms with E-state index in [9.17, 15) is 14.7 Å². The molecule has 0 spiro atoms. The Morgan fingerprint density at radius 1 is 0.829 bits per heavy atom. The summed E-state index contributed by atoms with van der Waals surface area (Å²) >= 11 is 17.0. The van der Waals surface area contributed by atoms with E-state index in [1.165, 1.54) is 0 Å². The second kappa shape index (κ2) is 11.3. The van der Waals surface area contributed by atoms with E-state index in [0.29, 0.717) is 13.0 Å². The van der Waals surface area contributed by atoms with Crippen LogP contribution in [0.1, 0.15) is 30.5 Å². The van der Waals surface area contributed by atoms with Crippen LogP contribution in [-0.4, -0.2) is 26.3 Å². The van der Waals surface area contributed by atoms with Gasteiger partial charge in [-0.1, -0.05) is 89.4 Å². The first kappa shape index (κ1) is 26.9. The lowest BCUT2D eigenvalue weighted by atomic mass is 9.93. The Labute approximate surface area is 220 Å². The number of hydrogen-bond donors (Lipinski definition) is 3.